The summed E-state index contributed by atoms with van der Waals surface area (Å²) in [7, 11) is -3.89. The van der Waals surface area contributed by atoms with Crippen LogP contribution in [0.3, 0.4) is 0 Å². The normalized spacial score (nSPS) is 15.7. The molecule has 0 saturated carbocycles. The lowest BCUT2D eigenvalue weighted by Crippen LogP contribution is -2.35. The highest BCUT2D eigenvalue weighted by atomic mass is 35.5. The highest BCUT2D eigenvalue weighted by Gasteiger charge is 2.36. The second kappa shape index (κ2) is 7.74. The highest BCUT2D eigenvalue weighted by Crippen LogP contribution is 2.36. The van der Waals surface area contributed by atoms with E-state index in [4.69, 9.17) is 11.6 Å². The number of carbonyl (C=O) groups excluding carboxylic acids is 1. The van der Waals surface area contributed by atoms with Gasteiger partial charge in [0.2, 0.25) is 0 Å². The van der Waals surface area contributed by atoms with Crippen molar-refractivity contribution in [3.8, 4) is 0 Å². The first-order valence-corrected chi connectivity index (χ1v) is 11.1. The molecule has 1 N–H and O–H groups in total. The second-order valence-electron chi connectivity index (χ2n) is 7.07. The number of hydrogen-bond donors (Lipinski definition) is 1. The summed E-state index contributed by atoms with van der Waals surface area (Å²) in [6, 6.07) is 17.1. The minimum absolute atomic E-state index is 0.00901. The van der Waals surface area contributed by atoms with Gasteiger partial charge in [0.15, 0.2) is 5.82 Å². The van der Waals surface area contributed by atoms with Gasteiger partial charge in [-0.1, -0.05) is 41.9 Å². The molecule has 1 aliphatic rings. The van der Waals surface area contributed by atoms with Gasteiger partial charge in [0.05, 0.1) is 21.3 Å². The van der Waals surface area contributed by atoms with Crippen LogP contribution in [0.4, 0.5) is 15.8 Å². The number of carbonyl (C=O) groups is 1. The Morgan fingerprint density at radius 3 is 2.63 bits per heavy atom. The molecule has 0 saturated heterocycles. The van der Waals surface area contributed by atoms with Crippen molar-refractivity contribution in [2.45, 2.75) is 24.3 Å². The van der Waals surface area contributed by atoms with Crippen molar-refractivity contribution in [2.24, 2.45) is 0 Å². The third-order valence-corrected chi connectivity index (χ3v) is 7.21. The first-order valence-electron chi connectivity index (χ1n) is 9.27. The van der Waals surface area contributed by atoms with Crippen molar-refractivity contribution < 1.29 is 17.6 Å². The summed E-state index contributed by atoms with van der Waals surface area (Å²) in [5.41, 5.74) is 1.61. The molecular formula is C22H18ClFN2O3S. The van der Waals surface area contributed by atoms with Crippen LogP contribution in [0.15, 0.2) is 71.6 Å². The van der Waals surface area contributed by atoms with E-state index in [9.17, 15) is 17.6 Å². The van der Waals surface area contributed by atoms with E-state index in [2.05, 4.69) is 5.32 Å². The Morgan fingerprint density at radius 1 is 1.10 bits per heavy atom. The Hall–Kier alpha value is -2.90. The van der Waals surface area contributed by atoms with Gasteiger partial charge in [-0.05, 0) is 55.3 Å². The molecule has 1 unspecified atom stereocenters. The lowest BCUT2D eigenvalue weighted by Gasteiger charge is -2.24. The number of rotatable bonds is 4. The fourth-order valence-electron chi connectivity index (χ4n) is 3.61. The summed E-state index contributed by atoms with van der Waals surface area (Å²) >= 11 is 5.74. The summed E-state index contributed by atoms with van der Waals surface area (Å²) in [6.45, 7) is 1.84. The molecule has 0 bridgehead atoms. The van der Waals surface area contributed by atoms with E-state index in [-0.39, 0.29) is 27.2 Å². The minimum Gasteiger partial charge on any atom is -0.319 e. The van der Waals surface area contributed by atoms with Crippen molar-refractivity contribution in [2.75, 3.05) is 9.62 Å². The number of amides is 1. The molecule has 0 aliphatic carbocycles. The lowest BCUT2D eigenvalue weighted by molar-refractivity contribution is 0.102. The maximum Gasteiger partial charge on any atom is 0.264 e. The largest absolute Gasteiger partial charge is 0.319 e. The highest BCUT2D eigenvalue weighted by molar-refractivity contribution is 7.92. The Morgan fingerprint density at radius 2 is 1.83 bits per heavy atom. The van der Waals surface area contributed by atoms with E-state index in [1.165, 1.54) is 46.8 Å². The van der Waals surface area contributed by atoms with Gasteiger partial charge in [0.25, 0.3) is 15.9 Å². The summed E-state index contributed by atoms with van der Waals surface area (Å²) in [6.07, 6.45) is 0.615. The van der Waals surface area contributed by atoms with Crippen LogP contribution >= 0.6 is 11.6 Å². The third kappa shape index (κ3) is 3.55. The van der Waals surface area contributed by atoms with Crippen LogP contribution < -0.4 is 9.62 Å². The van der Waals surface area contributed by atoms with Crippen LogP contribution in [0.2, 0.25) is 5.02 Å². The zero-order chi connectivity index (χ0) is 21.5. The molecule has 0 fully saturated rings. The molecule has 0 spiro atoms. The Kier molecular flexibility index (Phi) is 5.26. The van der Waals surface area contributed by atoms with Gasteiger partial charge < -0.3 is 5.32 Å². The monoisotopic (exact) mass is 444 g/mol. The standard InChI is InChI=1S/C22H18ClFN2O3S/c1-14-12-15-6-2-3-11-20(15)26(14)30(28,29)17-8-4-7-16(13-17)22(27)25-19-10-5-9-18(23)21(19)24/h2-11,13-14H,12H2,1H3,(H,25,27). The van der Waals surface area contributed by atoms with E-state index < -0.39 is 21.7 Å². The quantitative estimate of drug-likeness (QED) is 0.624. The fourth-order valence-corrected chi connectivity index (χ4v) is 5.52. The smallest absolute Gasteiger partial charge is 0.264 e. The molecule has 1 aliphatic heterocycles. The van der Waals surface area contributed by atoms with Gasteiger partial charge in [-0.25, -0.2) is 12.8 Å². The summed E-state index contributed by atoms with van der Waals surface area (Å²) in [5, 5.41) is 2.31. The number of benzene rings is 3. The zero-order valence-corrected chi connectivity index (χ0v) is 17.5. The summed E-state index contributed by atoms with van der Waals surface area (Å²) < 4.78 is 42.2. The van der Waals surface area contributed by atoms with E-state index in [1.807, 2.05) is 19.1 Å². The molecule has 3 aromatic rings. The molecule has 0 aromatic heterocycles. The molecule has 0 radical (unpaired) electrons. The summed E-state index contributed by atoms with van der Waals surface area (Å²) in [5.74, 6) is -1.39. The molecule has 5 nitrogen and oxygen atoms in total. The van der Waals surface area contributed by atoms with Crippen molar-refractivity contribution in [3.05, 3.63) is 88.7 Å². The van der Waals surface area contributed by atoms with Crippen molar-refractivity contribution in [1.29, 1.82) is 0 Å². The number of sulfonamides is 1. The van der Waals surface area contributed by atoms with Gasteiger partial charge in [0.1, 0.15) is 0 Å². The van der Waals surface area contributed by atoms with Crippen LogP contribution in [-0.4, -0.2) is 20.4 Å². The predicted octanol–water partition coefficient (Wildman–Crippen LogP) is 4.87. The van der Waals surface area contributed by atoms with Crippen molar-refractivity contribution >= 4 is 38.9 Å². The molecule has 30 heavy (non-hydrogen) atoms. The molecule has 154 valence electrons. The maximum atomic E-state index is 14.1. The third-order valence-electron chi connectivity index (χ3n) is 5.00. The van der Waals surface area contributed by atoms with E-state index in [1.54, 1.807) is 12.1 Å². The molecule has 3 aromatic carbocycles. The topological polar surface area (TPSA) is 66.5 Å². The van der Waals surface area contributed by atoms with Gasteiger partial charge >= 0.3 is 0 Å². The predicted molar refractivity (Wildman–Crippen MR) is 115 cm³/mol. The second-order valence-corrected chi connectivity index (χ2v) is 9.29. The first-order chi connectivity index (χ1) is 14.3. The first kappa shape index (κ1) is 20.4. The number of fused-ring (bicyclic) bond motifs is 1. The van der Waals surface area contributed by atoms with Crippen LogP contribution in [0, 0.1) is 5.82 Å². The van der Waals surface area contributed by atoms with Crippen molar-refractivity contribution in [1.82, 2.24) is 0 Å². The number of hydrogen-bond acceptors (Lipinski definition) is 3. The van der Waals surface area contributed by atoms with Gasteiger partial charge in [-0.2, -0.15) is 0 Å². The van der Waals surface area contributed by atoms with Gasteiger partial charge in [-0.15, -0.1) is 0 Å². The maximum absolute atomic E-state index is 14.1. The van der Waals surface area contributed by atoms with Crippen LogP contribution in [-0.2, 0) is 16.4 Å². The fraction of sp³-hybridized carbons (Fsp3) is 0.136. The van der Waals surface area contributed by atoms with E-state index >= 15 is 0 Å². The van der Waals surface area contributed by atoms with E-state index in [0.29, 0.717) is 12.1 Å². The van der Waals surface area contributed by atoms with Gasteiger partial charge in [0, 0.05) is 11.6 Å². The van der Waals surface area contributed by atoms with Gasteiger partial charge in [-0.3, -0.25) is 9.10 Å². The number of nitrogens with zero attached hydrogens (tertiary/aromatic N) is 1. The Balaban J connectivity index is 1.66. The Labute approximate surface area is 179 Å². The average molecular weight is 445 g/mol. The van der Waals surface area contributed by atoms with Crippen LogP contribution in [0.5, 0.6) is 0 Å². The summed E-state index contributed by atoms with van der Waals surface area (Å²) in [4.78, 5) is 12.6. The Bertz CT molecular complexity index is 1250. The average Bonchev–Trinajstić information content (AvgIpc) is 3.08. The number of nitrogens with one attached hydrogen (secondary N) is 1. The number of anilines is 2. The number of halogens is 2. The molecule has 1 atom stereocenters. The van der Waals surface area contributed by atoms with Crippen LogP contribution in [0.25, 0.3) is 0 Å². The molecule has 4 rings (SSSR count). The van der Waals surface area contributed by atoms with Crippen molar-refractivity contribution in [3.63, 3.8) is 0 Å². The molecule has 1 heterocycles. The lowest BCUT2D eigenvalue weighted by atomic mass is 10.1. The minimum atomic E-state index is -3.89. The SMILES string of the molecule is CC1Cc2ccccc2N1S(=O)(=O)c1cccc(C(=O)Nc2cccc(Cl)c2F)c1. The molecular weight excluding hydrogens is 427 g/mol. The molecule has 1 amide bonds. The molecule has 8 heteroatoms. The van der Waals surface area contributed by atoms with Crippen LogP contribution in [0.1, 0.15) is 22.8 Å². The van der Waals surface area contributed by atoms with E-state index in [0.717, 1.165) is 5.56 Å². The zero-order valence-electron chi connectivity index (χ0n) is 16.0. The number of para-hydroxylation sites is 1.